The molecular weight excluding hydrogens is 268 g/mol. The van der Waals surface area contributed by atoms with Crippen LogP contribution < -0.4 is 4.74 Å². The molecule has 1 aromatic carbocycles. The molecule has 1 heterocycles. The second-order valence-electron chi connectivity index (χ2n) is 3.50. The number of ether oxygens (including phenoxy) is 1. The van der Waals surface area contributed by atoms with Gasteiger partial charge in [0.15, 0.2) is 0 Å². The zero-order valence-corrected chi connectivity index (χ0v) is 10.6. The summed E-state index contributed by atoms with van der Waals surface area (Å²) in [6.45, 7) is 3.35. The number of benzene rings is 1. The van der Waals surface area contributed by atoms with Crippen LogP contribution in [0.4, 0.5) is 0 Å². The van der Waals surface area contributed by atoms with Crippen molar-refractivity contribution in [3.8, 4) is 5.75 Å². The maximum Gasteiger partial charge on any atom is 0.133 e. The fraction of sp³-hybridized carbons (Fsp3) is 0.250. The molecule has 0 aliphatic carbocycles. The molecule has 0 saturated heterocycles. The van der Waals surface area contributed by atoms with Gasteiger partial charge in [0, 0.05) is 6.20 Å². The average molecular weight is 281 g/mol. The first-order chi connectivity index (χ1) is 7.75. The van der Waals surface area contributed by atoms with E-state index in [-0.39, 0.29) is 0 Å². The van der Waals surface area contributed by atoms with Crippen LogP contribution in [0.2, 0.25) is 0 Å². The van der Waals surface area contributed by atoms with Crippen molar-refractivity contribution in [3.05, 3.63) is 46.7 Å². The van der Waals surface area contributed by atoms with Gasteiger partial charge in [-0.05, 0) is 41.1 Å². The number of hydrogen-bond acceptors (Lipinski definition) is 2. The standard InChI is InChI=1S/C12H13BrN2O/c1-10-6-7-15(14-10)8-9-16-12-5-3-2-4-11(12)13/h2-7H,8-9H2,1H3. The Morgan fingerprint density at radius 2 is 2.12 bits per heavy atom. The first kappa shape index (κ1) is 11.2. The summed E-state index contributed by atoms with van der Waals surface area (Å²) in [4.78, 5) is 0. The number of aryl methyl sites for hydroxylation is 1. The zero-order chi connectivity index (χ0) is 11.4. The Morgan fingerprint density at radius 1 is 1.31 bits per heavy atom. The summed E-state index contributed by atoms with van der Waals surface area (Å²) < 4.78 is 8.50. The smallest absolute Gasteiger partial charge is 0.133 e. The molecule has 16 heavy (non-hydrogen) atoms. The van der Waals surface area contributed by atoms with Gasteiger partial charge in [-0.3, -0.25) is 4.68 Å². The van der Waals surface area contributed by atoms with Crippen LogP contribution in [0.15, 0.2) is 41.0 Å². The molecule has 0 N–H and O–H groups in total. The van der Waals surface area contributed by atoms with Gasteiger partial charge < -0.3 is 4.74 Å². The summed E-state index contributed by atoms with van der Waals surface area (Å²) in [5, 5.41) is 4.29. The van der Waals surface area contributed by atoms with Crippen molar-refractivity contribution in [2.75, 3.05) is 6.61 Å². The second kappa shape index (κ2) is 5.16. The van der Waals surface area contributed by atoms with Crippen LogP contribution in [0.5, 0.6) is 5.75 Å². The number of aromatic nitrogens is 2. The van der Waals surface area contributed by atoms with E-state index in [0.29, 0.717) is 6.61 Å². The summed E-state index contributed by atoms with van der Waals surface area (Å²) in [7, 11) is 0. The maximum atomic E-state index is 5.64. The lowest BCUT2D eigenvalue weighted by atomic mass is 10.3. The summed E-state index contributed by atoms with van der Waals surface area (Å²) >= 11 is 3.44. The summed E-state index contributed by atoms with van der Waals surface area (Å²) in [6.07, 6.45) is 1.96. The highest BCUT2D eigenvalue weighted by atomic mass is 79.9. The van der Waals surface area contributed by atoms with Gasteiger partial charge in [-0.2, -0.15) is 5.10 Å². The molecule has 4 heteroatoms. The van der Waals surface area contributed by atoms with E-state index in [1.807, 2.05) is 48.1 Å². The van der Waals surface area contributed by atoms with E-state index in [4.69, 9.17) is 4.74 Å². The number of para-hydroxylation sites is 1. The van der Waals surface area contributed by atoms with Gasteiger partial charge >= 0.3 is 0 Å². The molecule has 0 radical (unpaired) electrons. The molecule has 0 fully saturated rings. The van der Waals surface area contributed by atoms with Crippen molar-refractivity contribution in [1.82, 2.24) is 9.78 Å². The Morgan fingerprint density at radius 3 is 2.81 bits per heavy atom. The second-order valence-corrected chi connectivity index (χ2v) is 4.35. The van der Waals surface area contributed by atoms with E-state index in [9.17, 15) is 0 Å². The molecule has 0 amide bonds. The molecule has 0 atom stereocenters. The molecule has 0 unspecified atom stereocenters. The van der Waals surface area contributed by atoms with Crippen LogP contribution in [0.1, 0.15) is 5.69 Å². The van der Waals surface area contributed by atoms with Gasteiger partial charge in [-0.1, -0.05) is 12.1 Å². The number of rotatable bonds is 4. The van der Waals surface area contributed by atoms with E-state index in [2.05, 4.69) is 21.0 Å². The molecule has 2 aromatic rings. The number of nitrogens with zero attached hydrogens (tertiary/aromatic N) is 2. The predicted octanol–water partition coefficient (Wildman–Crippen LogP) is 3.03. The average Bonchev–Trinajstić information content (AvgIpc) is 2.67. The minimum Gasteiger partial charge on any atom is -0.490 e. The first-order valence-electron chi connectivity index (χ1n) is 5.13. The molecule has 0 bridgehead atoms. The van der Waals surface area contributed by atoms with Crippen LogP contribution in [0.25, 0.3) is 0 Å². The molecule has 2 rings (SSSR count). The molecular formula is C12H13BrN2O. The molecule has 1 aromatic heterocycles. The molecule has 0 saturated carbocycles. The van der Waals surface area contributed by atoms with E-state index in [0.717, 1.165) is 22.5 Å². The van der Waals surface area contributed by atoms with Crippen molar-refractivity contribution < 1.29 is 4.74 Å². The zero-order valence-electron chi connectivity index (χ0n) is 9.06. The SMILES string of the molecule is Cc1ccn(CCOc2ccccc2Br)n1. The van der Waals surface area contributed by atoms with Crippen molar-refractivity contribution in [2.24, 2.45) is 0 Å². The van der Waals surface area contributed by atoms with Gasteiger partial charge in [-0.25, -0.2) is 0 Å². The Balaban J connectivity index is 1.87. The van der Waals surface area contributed by atoms with Crippen LogP contribution in [0.3, 0.4) is 0 Å². The van der Waals surface area contributed by atoms with Gasteiger partial charge in [0.25, 0.3) is 0 Å². The third kappa shape index (κ3) is 2.85. The summed E-state index contributed by atoms with van der Waals surface area (Å²) in [5.74, 6) is 0.867. The van der Waals surface area contributed by atoms with Crippen molar-refractivity contribution in [2.45, 2.75) is 13.5 Å². The van der Waals surface area contributed by atoms with Crippen molar-refractivity contribution >= 4 is 15.9 Å². The monoisotopic (exact) mass is 280 g/mol. The molecule has 0 aliphatic rings. The fourth-order valence-corrected chi connectivity index (χ4v) is 1.80. The molecule has 0 aliphatic heterocycles. The van der Waals surface area contributed by atoms with Crippen LogP contribution in [0, 0.1) is 6.92 Å². The normalized spacial score (nSPS) is 10.4. The van der Waals surface area contributed by atoms with E-state index >= 15 is 0 Å². The van der Waals surface area contributed by atoms with Gasteiger partial charge in [0.05, 0.1) is 16.7 Å². The molecule has 3 nitrogen and oxygen atoms in total. The highest BCUT2D eigenvalue weighted by molar-refractivity contribution is 9.10. The Labute approximate surface area is 103 Å². The maximum absolute atomic E-state index is 5.64. The highest BCUT2D eigenvalue weighted by Gasteiger charge is 1.99. The van der Waals surface area contributed by atoms with Crippen molar-refractivity contribution in [3.63, 3.8) is 0 Å². The number of hydrogen-bond donors (Lipinski definition) is 0. The summed E-state index contributed by atoms with van der Waals surface area (Å²) in [6, 6.07) is 9.82. The van der Waals surface area contributed by atoms with Crippen LogP contribution >= 0.6 is 15.9 Å². The van der Waals surface area contributed by atoms with E-state index in [1.165, 1.54) is 0 Å². The summed E-state index contributed by atoms with van der Waals surface area (Å²) in [5.41, 5.74) is 1.03. The number of halogens is 1. The highest BCUT2D eigenvalue weighted by Crippen LogP contribution is 2.23. The van der Waals surface area contributed by atoms with Gasteiger partial charge in [0.1, 0.15) is 12.4 Å². The van der Waals surface area contributed by atoms with Gasteiger partial charge in [-0.15, -0.1) is 0 Å². The van der Waals surface area contributed by atoms with E-state index < -0.39 is 0 Å². The lowest BCUT2D eigenvalue weighted by Gasteiger charge is -2.07. The predicted molar refractivity (Wildman–Crippen MR) is 66.6 cm³/mol. The molecule has 84 valence electrons. The van der Waals surface area contributed by atoms with E-state index in [1.54, 1.807) is 0 Å². The van der Waals surface area contributed by atoms with Crippen molar-refractivity contribution in [1.29, 1.82) is 0 Å². The molecule has 0 spiro atoms. The quantitative estimate of drug-likeness (QED) is 0.861. The third-order valence-corrected chi connectivity index (χ3v) is 2.84. The Kier molecular flexibility index (Phi) is 3.62. The minimum atomic E-state index is 0.615. The Bertz CT molecular complexity index is 468. The minimum absolute atomic E-state index is 0.615. The Hall–Kier alpha value is -1.29. The topological polar surface area (TPSA) is 27.1 Å². The lowest BCUT2D eigenvalue weighted by Crippen LogP contribution is -2.08. The lowest BCUT2D eigenvalue weighted by molar-refractivity contribution is 0.289. The van der Waals surface area contributed by atoms with Crippen LogP contribution in [-0.4, -0.2) is 16.4 Å². The van der Waals surface area contributed by atoms with Gasteiger partial charge in [0.2, 0.25) is 0 Å². The first-order valence-corrected chi connectivity index (χ1v) is 5.92. The fourth-order valence-electron chi connectivity index (χ4n) is 1.40. The third-order valence-electron chi connectivity index (χ3n) is 2.19. The largest absolute Gasteiger partial charge is 0.490 e. The van der Waals surface area contributed by atoms with Crippen LogP contribution in [-0.2, 0) is 6.54 Å².